The van der Waals surface area contributed by atoms with Crippen LogP contribution in [0.15, 0.2) is 62.8 Å². The van der Waals surface area contributed by atoms with Crippen molar-refractivity contribution in [2.45, 2.75) is 248 Å². The molecule has 0 rings (SSSR count). The van der Waals surface area contributed by atoms with E-state index in [4.69, 9.17) is 33.4 Å². The van der Waals surface area contributed by atoms with Gasteiger partial charge < -0.3 is 32.1 Å². The first-order valence-electron chi connectivity index (χ1n) is 37.0. The smallest absolute Gasteiger partial charge is 0.155 e. The van der Waals surface area contributed by atoms with Crippen molar-refractivity contribution in [1.29, 1.82) is 0 Å². The molecule has 94 heavy (non-hydrogen) atoms. The molecule has 13 nitrogen and oxygen atoms in total. The predicted molar refractivity (Wildman–Crippen MR) is 403 cm³/mol. The van der Waals surface area contributed by atoms with Crippen molar-refractivity contribution in [3.05, 3.63) is 62.8 Å². The average Bonchev–Trinajstić information content (AvgIpc) is 0.753. The zero-order chi connectivity index (χ0) is 73.6. The van der Waals surface area contributed by atoms with E-state index in [0.29, 0.717) is 216 Å². The number of Topliss-reactive ketones (excluding diaryl/α,β-unsaturated/α-hetero) is 2. The van der Waals surface area contributed by atoms with Crippen molar-refractivity contribution in [3.63, 3.8) is 0 Å². The summed E-state index contributed by atoms with van der Waals surface area (Å²) in [5, 5.41) is 28.7. The van der Waals surface area contributed by atoms with Crippen LogP contribution in [0.2, 0.25) is 0 Å². The molecule has 0 aromatic rings. The number of nitrogens with two attached hydrogens (primary N) is 2. The highest BCUT2D eigenvalue weighted by Gasteiger charge is 2.52. The molecule has 8 N–H and O–H groups in total. The summed E-state index contributed by atoms with van der Waals surface area (Å²) in [7, 11) is 0. The lowest BCUT2D eigenvalue weighted by atomic mass is 9.48. The number of aliphatic hydroxyl groups is 3. The maximum absolute atomic E-state index is 11.6. The number of aliphatic hydroxyl groups excluding tert-OH is 3. The molecule has 0 saturated carbocycles. The van der Waals surface area contributed by atoms with E-state index in [2.05, 4.69) is 170 Å². The van der Waals surface area contributed by atoms with E-state index in [1.807, 2.05) is 4.90 Å². The normalized spacial score (nSPS) is 14.0. The van der Waals surface area contributed by atoms with Gasteiger partial charge in [0.15, 0.2) is 23.1 Å². The Morgan fingerprint density at radius 1 is 0.362 bits per heavy atom. The van der Waals surface area contributed by atoms with Crippen molar-refractivity contribution in [2.75, 3.05) is 65.6 Å². The highest BCUT2D eigenvalue weighted by molar-refractivity contribution is 5.91. The summed E-state index contributed by atoms with van der Waals surface area (Å²) in [5.41, 5.74) is 12.0. The Balaban J connectivity index is -0.000000403. The Hall–Kier alpha value is -3.56. The maximum Gasteiger partial charge on any atom is 0.155 e. The van der Waals surface area contributed by atoms with Crippen LogP contribution in [0, 0.1) is 107 Å². The summed E-state index contributed by atoms with van der Waals surface area (Å²) < 4.78 is 0. The van der Waals surface area contributed by atoms with Crippen LogP contribution in [0.5, 0.6) is 0 Å². The molecule has 0 saturated heterocycles. The maximum atomic E-state index is 11.6. The molecule has 7 atom stereocenters. The second-order valence-corrected chi connectivity index (χ2v) is 29.6. The van der Waals surface area contributed by atoms with Crippen LogP contribution in [-0.4, -0.2) is 121 Å². The lowest BCUT2D eigenvalue weighted by Gasteiger charge is -2.57. The first kappa shape index (κ1) is 99.1. The van der Waals surface area contributed by atoms with Gasteiger partial charge in [-0.05, 0) is 202 Å². The largest absolute Gasteiger partial charge is 0.396 e. The quantitative estimate of drug-likeness (QED) is 0.0189. The van der Waals surface area contributed by atoms with Gasteiger partial charge in [-0.3, -0.25) is 33.7 Å². The monoisotopic (exact) mass is 1330 g/mol. The second-order valence-electron chi connectivity index (χ2n) is 29.6. The second kappa shape index (κ2) is 61.7. The molecule has 0 heterocycles. The Bertz CT molecular complexity index is 1910. The SMILES string of the molecule is C=C(C)C(C(C)C)C(C(C)C(C)C)C(C(C(C)C(C)C)C(C(C)C)C(C)C)C(C(C)C(C)C)C(C(C)C)C(C)C.C=CC(=O)CCCC(=O)C=C.C=CC(=O)CCCC(=O)CCCCCNCCO.C=CC(=O)CCCC(=O)CCN(CCN)CCO.NCCCCCO. The fourth-order valence-electron chi connectivity index (χ4n) is 13.9. The van der Waals surface area contributed by atoms with Crippen molar-refractivity contribution < 1.29 is 44.1 Å². The molecular formula is C81H154N4O9. The molecule has 0 aliphatic rings. The molecule has 0 radical (unpaired) electrons. The van der Waals surface area contributed by atoms with Crippen LogP contribution < -0.4 is 16.8 Å². The van der Waals surface area contributed by atoms with Crippen LogP contribution in [0.4, 0.5) is 0 Å². The van der Waals surface area contributed by atoms with Gasteiger partial charge in [0.05, 0.1) is 13.2 Å². The van der Waals surface area contributed by atoms with Crippen LogP contribution in [-0.2, 0) is 28.8 Å². The zero-order valence-electron chi connectivity index (χ0n) is 64.7. The van der Waals surface area contributed by atoms with Gasteiger partial charge in [0.25, 0.3) is 0 Å². The van der Waals surface area contributed by atoms with E-state index in [-0.39, 0.29) is 47.9 Å². The van der Waals surface area contributed by atoms with Gasteiger partial charge in [-0.1, -0.05) is 176 Å². The lowest BCUT2D eigenvalue weighted by Crippen LogP contribution is -2.52. The van der Waals surface area contributed by atoms with Crippen LogP contribution in [0.3, 0.4) is 0 Å². The van der Waals surface area contributed by atoms with Gasteiger partial charge >= 0.3 is 0 Å². The summed E-state index contributed by atoms with van der Waals surface area (Å²) >= 11 is 0. The number of carbonyl (C=O) groups excluding carboxylic acids is 6. The number of ketones is 6. The average molecular weight is 1330 g/mol. The molecule has 13 heteroatoms. The topological polar surface area (TPSA) is 230 Å². The summed E-state index contributed by atoms with van der Waals surface area (Å²) in [4.78, 5) is 68.1. The summed E-state index contributed by atoms with van der Waals surface area (Å²) in [5.74, 6) is 12.4. The minimum atomic E-state index is -0.0205. The number of rotatable bonds is 53. The van der Waals surface area contributed by atoms with Crippen molar-refractivity contribution >= 4 is 34.7 Å². The first-order chi connectivity index (χ1) is 44.1. The molecular weight excluding hydrogens is 1170 g/mol. The number of nitrogens with zero attached hydrogens (tertiary/aromatic N) is 1. The fraction of sp³-hybridized carbons (Fsp3) is 0.802. The standard InChI is InChI=1S/C40H80.C14H25NO3.C13H24N2O3.C9H12O2.C5H13NO/c1-22(2)31(19)37(34(25(7)8)26(9)10)40(38(32(20)23(3)4)35(27(11)12)28(13)14)39(33(21)24(5)6)36(29(15)16)30(17)18;1-2-13(17)8-6-9-14(18)7-4-3-5-10-15-11-12-16;1-2-12(17)4-3-5-13(18)6-8-15(9-7-14)10-11-16;1-3-8(10)6-5-7-9(11)4-2;6-4-2-1-3-5-7/h22-24,26-40H,7H2,1-6,8-21H3;2,15-16H,1,3-12H2;2,16H,1,3-11,14H2;3-4H,1-2,5-7H2;7H,1-6H2. The molecule has 0 aromatic carbocycles. The van der Waals surface area contributed by atoms with Gasteiger partial charge in [-0.25, -0.2) is 0 Å². The van der Waals surface area contributed by atoms with E-state index in [1.165, 1.54) is 29.9 Å². The van der Waals surface area contributed by atoms with Gasteiger partial charge in [0, 0.05) is 90.7 Å². The van der Waals surface area contributed by atoms with Crippen molar-refractivity contribution in [1.82, 2.24) is 10.2 Å². The summed E-state index contributed by atoms with van der Waals surface area (Å²) in [6.07, 6.45) is 16.6. The highest BCUT2D eigenvalue weighted by Crippen LogP contribution is 2.57. The van der Waals surface area contributed by atoms with E-state index >= 15 is 0 Å². The number of hydrogen-bond acceptors (Lipinski definition) is 13. The first-order valence-corrected chi connectivity index (χ1v) is 37.0. The number of carbonyl (C=O) groups is 6. The molecule has 0 amide bonds. The third-order valence-electron chi connectivity index (χ3n) is 19.5. The van der Waals surface area contributed by atoms with Crippen LogP contribution >= 0.6 is 0 Å². The number of nitrogens with one attached hydrogen (secondary N) is 1. The minimum absolute atomic E-state index is 0.0118. The van der Waals surface area contributed by atoms with Gasteiger partial charge in [0.1, 0.15) is 11.6 Å². The van der Waals surface area contributed by atoms with Crippen molar-refractivity contribution in [3.8, 4) is 0 Å². The number of allylic oxidation sites excluding steroid dienone is 5. The summed E-state index contributed by atoms with van der Waals surface area (Å²) in [6, 6.07) is 0. The Morgan fingerprint density at radius 3 is 1.03 bits per heavy atom. The third kappa shape index (κ3) is 48.2. The third-order valence-corrected chi connectivity index (χ3v) is 19.5. The summed E-state index contributed by atoms with van der Waals surface area (Å²) in [6.45, 7) is 73.9. The van der Waals surface area contributed by atoms with E-state index in [1.54, 1.807) is 0 Å². The van der Waals surface area contributed by atoms with Gasteiger partial charge in [-0.15, -0.1) is 0 Å². The van der Waals surface area contributed by atoms with Gasteiger partial charge in [-0.2, -0.15) is 0 Å². The Labute approximate surface area is 580 Å². The number of hydrogen-bond donors (Lipinski definition) is 6. The molecule has 0 spiro atoms. The molecule has 0 bridgehead atoms. The highest BCUT2D eigenvalue weighted by atomic mass is 16.3. The van der Waals surface area contributed by atoms with Crippen molar-refractivity contribution in [2.24, 2.45) is 118 Å². The predicted octanol–water partition coefficient (Wildman–Crippen LogP) is 16.6. The molecule has 0 fully saturated rings. The molecule has 0 aromatic heterocycles. The van der Waals surface area contributed by atoms with E-state index in [9.17, 15) is 28.8 Å². The molecule has 0 aliphatic carbocycles. The van der Waals surface area contributed by atoms with Crippen LogP contribution in [0.1, 0.15) is 248 Å². The zero-order valence-corrected chi connectivity index (χ0v) is 64.7. The molecule has 552 valence electrons. The Kier molecular flexibility index (Phi) is 65.1. The van der Waals surface area contributed by atoms with Crippen LogP contribution in [0.25, 0.3) is 0 Å². The minimum Gasteiger partial charge on any atom is -0.396 e. The van der Waals surface area contributed by atoms with E-state index in [0.717, 1.165) is 51.6 Å². The Morgan fingerprint density at radius 2 is 0.723 bits per heavy atom. The molecule has 7 unspecified atom stereocenters. The van der Waals surface area contributed by atoms with Gasteiger partial charge in [0.2, 0.25) is 0 Å². The number of unbranched alkanes of at least 4 members (excludes halogenated alkanes) is 4. The lowest BCUT2D eigenvalue weighted by molar-refractivity contribution is -0.120. The fourth-order valence-corrected chi connectivity index (χ4v) is 13.9. The molecule has 0 aliphatic heterocycles. The van der Waals surface area contributed by atoms with E-state index < -0.39 is 0 Å².